The van der Waals surface area contributed by atoms with Crippen molar-refractivity contribution in [2.24, 2.45) is 0 Å². The van der Waals surface area contributed by atoms with Crippen molar-refractivity contribution in [3.8, 4) is 0 Å². The maximum atomic E-state index is 5.87. The fraction of sp³-hybridized carbons (Fsp3) is 0.429. The molecule has 0 aliphatic carbocycles. The summed E-state index contributed by atoms with van der Waals surface area (Å²) in [6, 6.07) is 8.76. The summed E-state index contributed by atoms with van der Waals surface area (Å²) in [5.41, 5.74) is 0. The number of hydrogen-bond acceptors (Lipinski definition) is 4. The van der Waals surface area contributed by atoms with Gasteiger partial charge in [0.1, 0.15) is 17.6 Å². The van der Waals surface area contributed by atoms with Crippen LogP contribution in [0.2, 0.25) is 0 Å². The summed E-state index contributed by atoms with van der Waals surface area (Å²) >= 11 is 1.81. The molecule has 1 aliphatic heterocycles. The zero-order valence-electron chi connectivity index (χ0n) is 10.6. The van der Waals surface area contributed by atoms with Crippen LogP contribution in [0.4, 0.5) is 0 Å². The monoisotopic (exact) mass is 262 g/mol. The fourth-order valence-electron chi connectivity index (χ4n) is 2.49. The first kappa shape index (κ1) is 12.0. The van der Waals surface area contributed by atoms with E-state index in [0.717, 1.165) is 37.7 Å². The Bertz CT molecular complexity index is 486. The summed E-state index contributed by atoms with van der Waals surface area (Å²) in [5, 5.41) is 5.54. The van der Waals surface area contributed by atoms with Crippen molar-refractivity contribution in [3.05, 3.63) is 46.0 Å². The lowest BCUT2D eigenvalue weighted by molar-refractivity contribution is 0.181. The molecule has 1 saturated heterocycles. The highest BCUT2D eigenvalue weighted by atomic mass is 32.1. The van der Waals surface area contributed by atoms with Gasteiger partial charge in [0.25, 0.3) is 0 Å². The lowest BCUT2D eigenvalue weighted by Gasteiger charge is -2.33. The van der Waals surface area contributed by atoms with E-state index in [0.29, 0.717) is 0 Å². The van der Waals surface area contributed by atoms with E-state index in [4.69, 9.17) is 4.42 Å². The molecule has 0 unspecified atom stereocenters. The quantitative estimate of drug-likeness (QED) is 0.922. The Morgan fingerprint density at radius 3 is 2.72 bits per heavy atom. The van der Waals surface area contributed by atoms with Gasteiger partial charge < -0.3 is 9.73 Å². The van der Waals surface area contributed by atoms with Crippen molar-refractivity contribution >= 4 is 11.3 Å². The molecule has 1 fully saturated rings. The minimum absolute atomic E-state index is 0.279. The molecule has 3 heterocycles. The molecule has 2 aromatic rings. The van der Waals surface area contributed by atoms with Gasteiger partial charge >= 0.3 is 0 Å². The van der Waals surface area contributed by atoms with E-state index >= 15 is 0 Å². The zero-order valence-corrected chi connectivity index (χ0v) is 11.4. The highest BCUT2D eigenvalue weighted by Gasteiger charge is 2.26. The molecule has 1 aliphatic rings. The second-order valence-corrected chi connectivity index (χ2v) is 5.63. The van der Waals surface area contributed by atoms with Crippen molar-refractivity contribution in [2.45, 2.75) is 13.0 Å². The van der Waals surface area contributed by atoms with Gasteiger partial charge in [-0.25, -0.2) is 0 Å². The van der Waals surface area contributed by atoms with Crippen molar-refractivity contribution in [1.82, 2.24) is 10.2 Å². The van der Waals surface area contributed by atoms with Gasteiger partial charge in [0.2, 0.25) is 0 Å². The normalized spacial score (nSPS) is 18.9. The second-order valence-electron chi connectivity index (χ2n) is 4.65. The maximum Gasteiger partial charge on any atom is 0.126 e. The number of nitrogens with one attached hydrogen (secondary N) is 1. The topological polar surface area (TPSA) is 28.4 Å². The molecule has 0 aromatic carbocycles. The molecule has 18 heavy (non-hydrogen) atoms. The van der Waals surface area contributed by atoms with E-state index in [9.17, 15) is 0 Å². The molecular formula is C14H18N2OS. The van der Waals surface area contributed by atoms with Gasteiger partial charge in [-0.1, -0.05) is 6.07 Å². The molecule has 2 aromatic heterocycles. The summed E-state index contributed by atoms with van der Waals surface area (Å²) in [4.78, 5) is 3.87. The molecule has 4 heteroatoms. The van der Waals surface area contributed by atoms with Gasteiger partial charge in [-0.15, -0.1) is 11.3 Å². The van der Waals surface area contributed by atoms with Crippen LogP contribution in [0.5, 0.6) is 0 Å². The Kier molecular flexibility index (Phi) is 3.50. The largest absolute Gasteiger partial charge is 0.464 e. The molecule has 3 nitrogen and oxygen atoms in total. The van der Waals surface area contributed by atoms with Crippen molar-refractivity contribution in [3.63, 3.8) is 0 Å². The van der Waals surface area contributed by atoms with Crippen LogP contribution in [-0.4, -0.2) is 31.1 Å². The summed E-state index contributed by atoms with van der Waals surface area (Å²) in [6.45, 7) is 6.26. The number of nitrogens with zero attached hydrogens (tertiary/aromatic N) is 1. The van der Waals surface area contributed by atoms with E-state index in [1.807, 2.05) is 6.92 Å². The third kappa shape index (κ3) is 2.36. The van der Waals surface area contributed by atoms with Gasteiger partial charge in [-0.05, 0) is 30.5 Å². The molecule has 96 valence electrons. The Morgan fingerprint density at radius 1 is 1.28 bits per heavy atom. The Hall–Kier alpha value is -1.10. The summed E-state index contributed by atoms with van der Waals surface area (Å²) in [5.74, 6) is 2.05. The van der Waals surface area contributed by atoms with E-state index in [2.05, 4.69) is 39.9 Å². The van der Waals surface area contributed by atoms with Crippen molar-refractivity contribution in [2.75, 3.05) is 26.2 Å². The fourth-order valence-corrected chi connectivity index (χ4v) is 3.35. The van der Waals surface area contributed by atoms with Gasteiger partial charge in [-0.3, -0.25) is 4.90 Å². The third-order valence-electron chi connectivity index (χ3n) is 3.36. The second kappa shape index (κ2) is 5.26. The van der Waals surface area contributed by atoms with Gasteiger partial charge in [0.05, 0.1) is 0 Å². The summed E-state index contributed by atoms with van der Waals surface area (Å²) < 4.78 is 5.87. The highest BCUT2D eigenvalue weighted by molar-refractivity contribution is 7.10. The first-order valence-corrected chi connectivity index (χ1v) is 7.27. The molecule has 0 radical (unpaired) electrons. The van der Waals surface area contributed by atoms with E-state index in [-0.39, 0.29) is 6.04 Å². The first-order chi connectivity index (χ1) is 8.84. The molecule has 0 bridgehead atoms. The van der Waals surface area contributed by atoms with Crippen LogP contribution >= 0.6 is 11.3 Å². The Balaban J connectivity index is 1.92. The predicted molar refractivity (Wildman–Crippen MR) is 74.0 cm³/mol. The maximum absolute atomic E-state index is 5.87. The molecule has 0 spiro atoms. The molecule has 3 rings (SSSR count). The average molecular weight is 262 g/mol. The van der Waals surface area contributed by atoms with Crippen LogP contribution in [0.15, 0.2) is 34.1 Å². The standard InChI is InChI=1S/C14H18N2OS/c1-11-4-5-12(17-11)14(13-3-2-10-18-13)16-8-6-15-7-9-16/h2-5,10,14-15H,6-9H2,1H3/t14-/m1/s1. The van der Waals surface area contributed by atoms with Crippen LogP contribution in [0.25, 0.3) is 0 Å². The SMILES string of the molecule is Cc1ccc([C@H](c2cccs2)N2CCNCC2)o1. The lowest BCUT2D eigenvalue weighted by atomic mass is 10.1. The van der Waals surface area contributed by atoms with Crippen LogP contribution in [0.3, 0.4) is 0 Å². The van der Waals surface area contributed by atoms with E-state index < -0.39 is 0 Å². The van der Waals surface area contributed by atoms with Crippen LogP contribution in [0, 0.1) is 6.92 Å². The molecule has 0 saturated carbocycles. The van der Waals surface area contributed by atoms with E-state index in [1.165, 1.54) is 4.88 Å². The van der Waals surface area contributed by atoms with Gasteiger partial charge in [0.15, 0.2) is 0 Å². The molecule has 1 N–H and O–H groups in total. The zero-order chi connectivity index (χ0) is 12.4. The number of thiophene rings is 1. The van der Waals surface area contributed by atoms with Crippen molar-refractivity contribution in [1.29, 1.82) is 0 Å². The lowest BCUT2D eigenvalue weighted by Crippen LogP contribution is -2.45. The Morgan fingerprint density at radius 2 is 2.11 bits per heavy atom. The predicted octanol–water partition coefficient (Wildman–Crippen LogP) is 2.64. The average Bonchev–Trinajstić information content (AvgIpc) is 3.04. The van der Waals surface area contributed by atoms with Crippen molar-refractivity contribution < 1.29 is 4.42 Å². The number of piperazine rings is 1. The first-order valence-electron chi connectivity index (χ1n) is 6.39. The van der Waals surface area contributed by atoms with E-state index in [1.54, 1.807) is 11.3 Å². The summed E-state index contributed by atoms with van der Waals surface area (Å²) in [6.07, 6.45) is 0. The van der Waals surface area contributed by atoms with Crippen LogP contribution in [-0.2, 0) is 0 Å². The minimum atomic E-state index is 0.279. The number of hydrogen-bond donors (Lipinski definition) is 1. The highest BCUT2D eigenvalue weighted by Crippen LogP contribution is 2.32. The van der Waals surface area contributed by atoms with Crippen LogP contribution < -0.4 is 5.32 Å². The minimum Gasteiger partial charge on any atom is -0.464 e. The Labute approximate surface area is 111 Å². The smallest absolute Gasteiger partial charge is 0.126 e. The number of aryl methyl sites for hydroxylation is 1. The van der Waals surface area contributed by atoms with Gasteiger partial charge in [-0.2, -0.15) is 0 Å². The molecule has 1 atom stereocenters. The van der Waals surface area contributed by atoms with Gasteiger partial charge in [0, 0.05) is 31.1 Å². The molecule has 0 amide bonds. The van der Waals surface area contributed by atoms with Crippen LogP contribution in [0.1, 0.15) is 22.4 Å². The number of rotatable bonds is 3. The third-order valence-corrected chi connectivity index (χ3v) is 4.28. The molecular weight excluding hydrogens is 244 g/mol. The number of furan rings is 1. The summed E-state index contributed by atoms with van der Waals surface area (Å²) in [7, 11) is 0.